The summed E-state index contributed by atoms with van der Waals surface area (Å²) in [5.41, 5.74) is 0.937. The van der Waals surface area contributed by atoms with Gasteiger partial charge in [0.15, 0.2) is 0 Å². The van der Waals surface area contributed by atoms with Crippen molar-refractivity contribution in [3.8, 4) is 0 Å². The summed E-state index contributed by atoms with van der Waals surface area (Å²) in [6.07, 6.45) is 1.38. The molecule has 0 heterocycles. The van der Waals surface area contributed by atoms with Gasteiger partial charge in [-0.1, -0.05) is 23.8 Å². The normalized spacial score (nSPS) is 15.1. The Labute approximate surface area is 119 Å². The van der Waals surface area contributed by atoms with Crippen LogP contribution in [-0.4, -0.2) is 37.5 Å². The summed E-state index contributed by atoms with van der Waals surface area (Å²) >= 11 is 0. The van der Waals surface area contributed by atoms with Gasteiger partial charge in [-0.15, -0.1) is 10.9 Å². The van der Waals surface area contributed by atoms with Gasteiger partial charge in [0.1, 0.15) is 0 Å². The highest BCUT2D eigenvalue weighted by molar-refractivity contribution is 7.89. The second kappa shape index (κ2) is 6.47. The molecule has 1 N–H and O–H groups in total. The Hall–Kier alpha value is -1.25. The maximum atomic E-state index is 12.6. The molecule has 112 valence electrons. The van der Waals surface area contributed by atoms with E-state index in [0.717, 1.165) is 9.87 Å². The first-order valence-electron chi connectivity index (χ1n) is 5.90. The molecule has 1 unspecified atom stereocenters. The monoisotopic (exact) mass is 301 g/mol. The van der Waals surface area contributed by atoms with Gasteiger partial charge in [0.25, 0.3) is 5.91 Å². The summed E-state index contributed by atoms with van der Waals surface area (Å²) in [6.45, 7) is 6.57. The van der Waals surface area contributed by atoms with Crippen molar-refractivity contribution < 1.29 is 23.3 Å². The van der Waals surface area contributed by atoms with Crippen molar-refractivity contribution >= 4 is 10.0 Å². The highest BCUT2D eigenvalue weighted by Crippen LogP contribution is 2.26. The molecule has 0 spiro atoms. The molecule has 0 aliphatic rings. The van der Waals surface area contributed by atoms with Crippen molar-refractivity contribution in [3.05, 3.63) is 42.5 Å². The van der Waals surface area contributed by atoms with Gasteiger partial charge in [-0.05, 0) is 19.1 Å². The fraction of sp³-hybridized carbons (Fsp3) is 0.385. The zero-order chi connectivity index (χ0) is 15.4. The fourth-order valence-electron chi connectivity index (χ4n) is 1.62. The summed E-state index contributed by atoms with van der Waals surface area (Å²) in [6, 6.07) is 6.33. The van der Waals surface area contributed by atoms with Gasteiger partial charge in [-0.25, -0.2) is 13.7 Å². The molecule has 0 saturated heterocycles. The van der Waals surface area contributed by atoms with Crippen molar-refractivity contribution in [3.63, 3.8) is 0 Å². The van der Waals surface area contributed by atoms with Crippen LogP contribution in [0.5, 0.6) is 0 Å². The zero-order valence-electron chi connectivity index (χ0n) is 11.7. The van der Waals surface area contributed by atoms with Crippen LogP contribution in [0, 0.1) is 6.92 Å². The van der Waals surface area contributed by atoms with E-state index in [1.54, 1.807) is 12.1 Å². The largest absolute Gasteiger partial charge is 0.338 e. The molecular formula is C13H19NO5S. The van der Waals surface area contributed by atoms with E-state index in [2.05, 4.69) is 11.5 Å². The molecule has 0 saturated carbocycles. The molecule has 7 heteroatoms. The molecule has 0 bridgehead atoms. The van der Waals surface area contributed by atoms with E-state index in [0.29, 0.717) is 0 Å². The lowest BCUT2D eigenvalue weighted by Gasteiger charge is -2.34. The second-order valence-corrected chi connectivity index (χ2v) is 6.19. The van der Waals surface area contributed by atoms with Crippen LogP contribution in [0.2, 0.25) is 0 Å². The first-order chi connectivity index (χ1) is 9.31. The standard InChI is InChI=1S/C13H19NO5S/c1-5-10-14(13(3,18-4)19-15)20(16,17)12-8-6-11(2)7-9-12/h5-9,15H,1,10H2,2-4H3. The number of benzene rings is 1. The minimum atomic E-state index is -3.91. The topological polar surface area (TPSA) is 76.1 Å². The number of ether oxygens (including phenoxy) is 1. The third-order valence-electron chi connectivity index (χ3n) is 2.91. The molecule has 0 radical (unpaired) electrons. The first kappa shape index (κ1) is 16.8. The van der Waals surface area contributed by atoms with E-state index < -0.39 is 15.9 Å². The SMILES string of the molecule is C=CCN(C(C)(OC)OO)S(=O)(=O)c1ccc(C)cc1. The van der Waals surface area contributed by atoms with Crippen LogP contribution < -0.4 is 0 Å². The van der Waals surface area contributed by atoms with E-state index in [4.69, 9.17) is 9.99 Å². The average molecular weight is 301 g/mol. The van der Waals surface area contributed by atoms with Crippen LogP contribution in [0.1, 0.15) is 12.5 Å². The Kier molecular flexibility index (Phi) is 5.43. The number of aryl methyl sites for hydroxylation is 1. The van der Waals surface area contributed by atoms with Gasteiger partial charge in [-0.3, -0.25) is 0 Å². The van der Waals surface area contributed by atoms with E-state index in [1.807, 2.05) is 6.92 Å². The van der Waals surface area contributed by atoms with E-state index >= 15 is 0 Å². The van der Waals surface area contributed by atoms with Crippen LogP contribution in [0.4, 0.5) is 0 Å². The van der Waals surface area contributed by atoms with Crippen LogP contribution in [0.15, 0.2) is 41.8 Å². The van der Waals surface area contributed by atoms with E-state index in [9.17, 15) is 8.42 Å². The number of hydrogen-bond acceptors (Lipinski definition) is 5. The van der Waals surface area contributed by atoms with Crippen molar-refractivity contribution in [2.45, 2.75) is 24.7 Å². The number of methoxy groups -OCH3 is 1. The fourth-order valence-corrected chi connectivity index (χ4v) is 3.20. The lowest BCUT2D eigenvalue weighted by molar-refractivity contribution is -0.424. The third kappa shape index (κ3) is 3.25. The molecule has 0 fully saturated rings. The van der Waals surface area contributed by atoms with Crippen LogP contribution >= 0.6 is 0 Å². The van der Waals surface area contributed by atoms with Crippen LogP contribution in [0.25, 0.3) is 0 Å². The van der Waals surface area contributed by atoms with Crippen LogP contribution in [0.3, 0.4) is 0 Å². The summed E-state index contributed by atoms with van der Waals surface area (Å²) in [5.74, 6) is -1.84. The van der Waals surface area contributed by atoms with Gasteiger partial charge in [0, 0.05) is 20.6 Å². The summed E-state index contributed by atoms with van der Waals surface area (Å²) in [4.78, 5) is 4.28. The predicted molar refractivity (Wildman–Crippen MR) is 74.4 cm³/mol. The molecule has 1 aromatic carbocycles. The molecule has 1 rings (SSSR count). The van der Waals surface area contributed by atoms with Crippen molar-refractivity contribution in [1.29, 1.82) is 0 Å². The van der Waals surface area contributed by atoms with Crippen LogP contribution in [-0.2, 0) is 19.6 Å². The Balaban J connectivity index is 3.32. The van der Waals surface area contributed by atoms with E-state index in [1.165, 1.54) is 32.2 Å². The Bertz CT molecular complexity index is 549. The number of rotatable bonds is 7. The van der Waals surface area contributed by atoms with E-state index in [-0.39, 0.29) is 11.4 Å². The number of nitrogens with zero attached hydrogens (tertiary/aromatic N) is 1. The molecule has 6 nitrogen and oxygen atoms in total. The molecule has 20 heavy (non-hydrogen) atoms. The lowest BCUT2D eigenvalue weighted by atomic mass is 10.2. The van der Waals surface area contributed by atoms with Gasteiger partial charge in [0.05, 0.1) is 4.90 Å². The maximum absolute atomic E-state index is 12.6. The number of sulfonamides is 1. The smallest absolute Gasteiger partial charge is 0.270 e. The molecule has 1 aromatic rings. The molecule has 1 atom stereocenters. The quantitative estimate of drug-likeness (QED) is 0.361. The zero-order valence-corrected chi connectivity index (χ0v) is 12.6. The van der Waals surface area contributed by atoms with Crippen molar-refractivity contribution in [1.82, 2.24) is 4.31 Å². The summed E-state index contributed by atoms with van der Waals surface area (Å²) in [5, 5.41) is 8.97. The minimum absolute atomic E-state index is 0.0743. The summed E-state index contributed by atoms with van der Waals surface area (Å²) in [7, 11) is -2.68. The van der Waals surface area contributed by atoms with Gasteiger partial charge in [-0.2, -0.15) is 4.89 Å². The van der Waals surface area contributed by atoms with Crippen molar-refractivity contribution in [2.24, 2.45) is 0 Å². The van der Waals surface area contributed by atoms with Gasteiger partial charge < -0.3 is 4.74 Å². The molecule has 0 aromatic heterocycles. The van der Waals surface area contributed by atoms with Gasteiger partial charge in [0.2, 0.25) is 10.0 Å². The molecular weight excluding hydrogens is 282 g/mol. The molecule has 0 amide bonds. The minimum Gasteiger partial charge on any atom is -0.338 e. The Morgan fingerprint density at radius 3 is 2.35 bits per heavy atom. The third-order valence-corrected chi connectivity index (χ3v) is 4.83. The average Bonchev–Trinajstić information content (AvgIpc) is 2.44. The Morgan fingerprint density at radius 1 is 1.40 bits per heavy atom. The Morgan fingerprint density at radius 2 is 1.95 bits per heavy atom. The highest BCUT2D eigenvalue weighted by atomic mass is 32.2. The second-order valence-electron chi connectivity index (χ2n) is 4.33. The predicted octanol–water partition coefficient (Wildman–Crippen LogP) is 1.98. The van der Waals surface area contributed by atoms with Crippen molar-refractivity contribution in [2.75, 3.05) is 13.7 Å². The summed E-state index contributed by atoms with van der Waals surface area (Å²) < 4.78 is 31.0. The first-order valence-corrected chi connectivity index (χ1v) is 7.34. The number of hydrogen-bond donors (Lipinski definition) is 1. The molecule has 0 aliphatic carbocycles. The maximum Gasteiger partial charge on any atom is 0.270 e. The molecule has 0 aliphatic heterocycles. The lowest BCUT2D eigenvalue weighted by Crippen LogP contribution is -2.52. The highest BCUT2D eigenvalue weighted by Gasteiger charge is 2.42. The van der Waals surface area contributed by atoms with Gasteiger partial charge >= 0.3 is 0 Å².